The summed E-state index contributed by atoms with van der Waals surface area (Å²) >= 11 is 1.21. The number of aryl methyl sites for hydroxylation is 2. The molecule has 0 aliphatic heterocycles. The van der Waals surface area contributed by atoms with Crippen LogP contribution >= 0.6 is 11.3 Å². The van der Waals surface area contributed by atoms with Crippen LogP contribution in [0.5, 0.6) is 5.75 Å². The molecule has 4 aromatic heterocycles. The zero-order valence-electron chi connectivity index (χ0n) is 25.4. The van der Waals surface area contributed by atoms with Crippen molar-refractivity contribution in [2.24, 2.45) is 11.8 Å². The van der Waals surface area contributed by atoms with Crippen molar-refractivity contribution >= 4 is 38.1 Å². The number of hydrogen-bond donors (Lipinski definition) is 1. The summed E-state index contributed by atoms with van der Waals surface area (Å²) in [5.74, 6) is 2.59. The van der Waals surface area contributed by atoms with E-state index >= 15 is 0 Å². The van der Waals surface area contributed by atoms with Gasteiger partial charge in [-0.05, 0) is 82.1 Å². The van der Waals surface area contributed by atoms with Gasteiger partial charge in [-0.25, -0.2) is 8.42 Å². The number of fused-ring (bicyclic) bond motifs is 1. The minimum Gasteiger partial charge on any atom is -0.496 e. The number of benzene rings is 1. The minimum atomic E-state index is -3.93. The summed E-state index contributed by atoms with van der Waals surface area (Å²) in [6, 6.07) is 9.96. The Bertz CT molecular complexity index is 1920. The predicted octanol–water partition coefficient (Wildman–Crippen LogP) is 7.08. The van der Waals surface area contributed by atoms with E-state index in [2.05, 4.69) is 29.8 Å². The first-order valence-electron chi connectivity index (χ1n) is 14.6. The summed E-state index contributed by atoms with van der Waals surface area (Å²) in [6.45, 7) is 10.4. The van der Waals surface area contributed by atoms with Gasteiger partial charge in [-0.2, -0.15) is 5.10 Å². The smallest absolute Gasteiger partial charge is 0.273 e. The molecule has 0 amide bonds. The van der Waals surface area contributed by atoms with Crippen LogP contribution in [0.3, 0.4) is 0 Å². The first-order chi connectivity index (χ1) is 20.5. The number of ether oxygens (including phenoxy) is 1. The average Bonchev–Trinajstić information content (AvgIpc) is 3.42. The Labute approximate surface area is 256 Å². The summed E-state index contributed by atoms with van der Waals surface area (Å²) in [4.78, 5) is 5.91. The Balaban J connectivity index is 1.33. The van der Waals surface area contributed by atoms with E-state index in [9.17, 15) is 8.42 Å². The summed E-state index contributed by atoms with van der Waals surface area (Å²) in [7, 11) is -2.33. The monoisotopic (exact) mass is 619 g/mol. The molecule has 0 bridgehead atoms. The third-order valence-corrected chi connectivity index (χ3v) is 10.8. The minimum absolute atomic E-state index is 0.190. The lowest BCUT2D eigenvalue weighted by Gasteiger charge is -2.13. The zero-order valence-corrected chi connectivity index (χ0v) is 27.0. The number of pyridine rings is 1. The first kappa shape index (κ1) is 29.4. The number of rotatable bonds is 11. The lowest BCUT2D eigenvalue weighted by Crippen LogP contribution is -2.13. The van der Waals surface area contributed by atoms with E-state index in [0.717, 1.165) is 51.5 Å². The molecule has 43 heavy (non-hydrogen) atoms. The maximum Gasteiger partial charge on any atom is 0.273 e. The van der Waals surface area contributed by atoms with Crippen LogP contribution in [0.2, 0.25) is 0 Å². The number of thiophene rings is 1. The van der Waals surface area contributed by atoms with Gasteiger partial charge in [-0.1, -0.05) is 31.1 Å². The molecule has 1 N–H and O–H groups in total. The molecule has 1 fully saturated rings. The third kappa shape index (κ3) is 6.05. The van der Waals surface area contributed by atoms with Crippen LogP contribution in [0.25, 0.3) is 22.0 Å². The van der Waals surface area contributed by atoms with Gasteiger partial charge in [-0.3, -0.25) is 14.4 Å². The van der Waals surface area contributed by atoms with Gasteiger partial charge in [0, 0.05) is 32.6 Å². The van der Waals surface area contributed by atoms with Crippen LogP contribution in [0.1, 0.15) is 59.8 Å². The lowest BCUT2D eigenvalue weighted by atomic mass is 10.0. The largest absolute Gasteiger partial charge is 0.496 e. The molecule has 5 aromatic rings. The van der Waals surface area contributed by atoms with E-state index in [4.69, 9.17) is 19.3 Å². The Kier molecular flexibility index (Phi) is 7.80. The molecule has 1 aliphatic rings. The fourth-order valence-electron chi connectivity index (χ4n) is 5.39. The van der Waals surface area contributed by atoms with Gasteiger partial charge in [0.15, 0.2) is 5.82 Å². The molecule has 0 saturated heterocycles. The van der Waals surface area contributed by atoms with Gasteiger partial charge in [0.2, 0.25) is 0 Å². The molecule has 0 spiro atoms. The molecule has 4 heterocycles. The van der Waals surface area contributed by atoms with Crippen molar-refractivity contribution in [2.45, 2.75) is 71.1 Å². The lowest BCUT2D eigenvalue weighted by molar-refractivity contribution is 0.399. The molecule has 1 saturated carbocycles. The second-order valence-corrected chi connectivity index (χ2v) is 15.1. The maximum atomic E-state index is 13.5. The maximum absolute atomic E-state index is 13.5. The highest BCUT2D eigenvalue weighted by Crippen LogP contribution is 2.41. The number of nitrogens with zero attached hydrogens (tertiary/aromatic N) is 4. The average molecular weight is 620 g/mol. The molecule has 226 valence electrons. The van der Waals surface area contributed by atoms with Gasteiger partial charge in [0.05, 0.1) is 31.1 Å². The van der Waals surface area contributed by atoms with Crippen LogP contribution in [0, 0.1) is 32.6 Å². The quantitative estimate of drug-likeness (QED) is 0.168. The van der Waals surface area contributed by atoms with Crippen LogP contribution in [-0.4, -0.2) is 35.4 Å². The fourth-order valence-corrected chi connectivity index (χ4v) is 8.09. The van der Waals surface area contributed by atoms with Gasteiger partial charge in [-0.15, -0.1) is 11.3 Å². The summed E-state index contributed by atoms with van der Waals surface area (Å²) in [5.41, 5.74) is 6.29. The molecule has 11 heteroatoms. The van der Waals surface area contributed by atoms with Crippen molar-refractivity contribution in [3.05, 3.63) is 69.7 Å². The number of nitrogens with one attached hydrogen (secondary N) is 1. The summed E-state index contributed by atoms with van der Waals surface area (Å²) in [6.07, 6.45) is 6.44. The van der Waals surface area contributed by atoms with Crippen molar-refractivity contribution in [2.75, 3.05) is 11.8 Å². The molecule has 0 radical (unpaired) electrons. The Morgan fingerprint density at radius 3 is 2.60 bits per heavy atom. The summed E-state index contributed by atoms with van der Waals surface area (Å²) < 4.78 is 42.9. The normalized spacial score (nSPS) is 13.7. The van der Waals surface area contributed by atoms with Gasteiger partial charge < -0.3 is 9.26 Å². The van der Waals surface area contributed by atoms with E-state index in [1.54, 1.807) is 21.0 Å². The Morgan fingerprint density at radius 2 is 1.93 bits per heavy atom. The SMILES string of the molecule is COc1cc(Cn2ncc3c(CC4CC4)nc(CC(C)C)cc32)ccc1-c1cc(C)sc1S(=O)(=O)Nc1noc(C)c1C. The third-order valence-electron chi connectivity index (χ3n) is 7.91. The number of hydrogen-bond acceptors (Lipinski definition) is 8. The van der Waals surface area contributed by atoms with Crippen LogP contribution < -0.4 is 9.46 Å². The van der Waals surface area contributed by atoms with Crippen molar-refractivity contribution in [3.63, 3.8) is 0 Å². The van der Waals surface area contributed by atoms with E-state index < -0.39 is 10.0 Å². The second-order valence-electron chi connectivity index (χ2n) is 12.0. The molecular weight excluding hydrogens is 583 g/mol. The highest BCUT2D eigenvalue weighted by atomic mass is 32.2. The van der Waals surface area contributed by atoms with Gasteiger partial charge >= 0.3 is 0 Å². The molecular formula is C32H37N5O4S2. The van der Waals surface area contributed by atoms with Crippen molar-refractivity contribution in [1.29, 1.82) is 0 Å². The number of anilines is 1. The van der Waals surface area contributed by atoms with E-state index in [0.29, 0.717) is 40.7 Å². The van der Waals surface area contributed by atoms with Crippen molar-refractivity contribution < 1.29 is 17.7 Å². The highest BCUT2D eigenvalue weighted by Gasteiger charge is 2.27. The van der Waals surface area contributed by atoms with E-state index in [1.165, 1.54) is 24.2 Å². The number of aromatic nitrogens is 4. The first-order valence-corrected chi connectivity index (χ1v) is 16.9. The Morgan fingerprint density at radius 1 is 1.14 bits per heavy atom. The standard InChI is InChI=1S/C32H37N5O4S2/c1-18(2)11-24-15-29-27(28(34-24)13-22-7-8-22)16-33-37(29)17-23-9-10-25(30(14-23)40-6)26-12-19(3)42-32(26)43(38,39)36-31-20(4)21(5)41-35-31/h9-10,12,14-16,18,22H,7-8,11,13,17H2,1-6H3,(H,35,36). The van der Waals surface area contributed by atoms with E-state index in [1.807, 2.05) is 42.1 Å². The van der Waals surface area contributed by atoms with Crippen molar-refractivity contribution in [3.8, 4) is 16.9 Å². The predicted molar refractivity (Wildman–Crippen MR) is 169 cm³/mol. The molecule has 1 aliphatic carbocycles. The van der Waals surface area contributed by atoms with Gasteiger partial charge in [0.1, 0.15) is 15.7 Å². The Hall–Kier alpha value is -3.70. The molecule has 6 rings (SSSR count). The van der Waals surface area contributed by atoms with Gasteiger partial charge in [0.25, 0.3) is 10.0 Å². The fraction of sp³-hybridized carbons (Fsp3) is 0.406. The molecule has 0 atom stereocenters. The zero-order chi connectivity index (χ0) is 30.5. The number of sulfonamides is 1. The summed E-state index contributed by atoms with van der Waals surface area (Å²) in [5, 5.41) is 9.77. The topological polar surface area (TPSA) is 112 Å². The van der Waals surface area contributed by atoms with E-state index in [-0.39, 0.29) is 10.0 Å². The molecule has 1 aromatic carbocycles. The van der Waals surface area contributed by atoms with Crippen molar-refractivity contribution in [1.82, 2.24) is 19.9 Å². The second kappa shape index (κ2) is 11.4. The van der Waals surface area contributed by atoms with Crippen LogP contribution in [0.4, 0.5) is 5.82 Å². The van der Waals surface area contributed by atoms with Crippen LogP contribution in [0.15, 0.2) is 45.3 Å². The molecule has 9 nitrogen and oxygen atoms in total. The molecule has 0 unspecified atom stereocenters. The van der Waals surface area contributed by atoms with Crippen LogP contribution in [-0.2, 0) is 29.4 Å². The highest BCUT2D eigenvalue weighted by molar-refractivity contribution is 7.94. The number of methoxy groups -OCH3 is 1.